The Morgan fingerprint density at radius 1 is 0.286 bits per heavy atom. The first-order valence-corrected chi connectivity index (χ1v) is 29.7. The molecule has 42 heavy (non-hydrogen) atoms. The third-order valence-electron chi connectivity index (χ3n) is 9.04. The van der Waals surface area contributed by atoms with Crippen LogP contribution in [0.1, 0.15) is 0 Å². The zero-order chi connectivity index (χ0) is 30.6. The van der Waals surface area contributed by atoms with Crippen molar-refractivity contribution in [2.75, 3.05) is 0 Å². The zero-order valence-corrected chi connectivity index (χ0v) is 31.9. The van der Waals surface area contributed by atoms with Crippen molar-refractivity contribution in [3.8, 4) is 0 Å². The van der Waals surface area contributed by atoms with Gasteiger partial charge in [0.15, 0.2) is 0 Å². The molecule has 0 nitrogen and oxygen atoms in total. The first-order valence-electron chi connectivity index (χ1n) is 15.7. The molecule has 0 saturated carbocycles. The fourth-order valence-corrected chi connectivity index (χ4v) is 21.8. The summed E-state index contributed by atoms with van der Waals surface area (Å²) in [5.74, 6) is 0. The predicted octanol–water partition coefficient (Wildman–Crippen LogP) is 9.63. The summed E-state index contributed by atoms with van der Waals surface area (Å²) < 4.78 is 0. The first-order chi connectivity index (χ1) is 19.3. The van der Waals surface area contributed by atoms with Gasteiger partial charge in [-0.15, -0.1) is 0 Å². The summed E-state index contributed by atoms with van der Waals surface area (Å²) >= 11 is 0. The summed E-state index contributed by atoms with van der Waals surface area (Å²) in [6, 6.07) is 28.4. The summed E-state index contributed by atoms with van der Waals surface area (Å²) in [6.45, 7) is 31.2. The molecule has 6 rings (SSSR count). The normalized spacial score (nSPS) is 13.7. The summed E-state index contributed by atoms with van der Waals surface area (Å²) in [7, 11) is -6.63. The van der Waals surface area contributed by atoms with E-state index in [1.807, 2.05) is 10.4 Å². The number of hydrogen-bond donors (Lipinski definition) is 0. The number of fused-ring (bicyclic) bond motifs is 5. The lowest BCUT2D eigenvalue weighted by Gasteiger charge is -2.40. The molecule has 0 atom stereocenters. The minimum atomic E-state index is -1.68. The molecule has 0 radical (unpaired) electrons. The first kappa shape index (κ1) is 29.6. The Kier molecular flexibility index (Phi) is 6.68. The highest BCUT2D eigenvalue weighted by Crippen LogP contribution is 2.32. The molecule has 0 saturated heterocycles. The van der Waals surface area contributed by atoms with Gasteiger partial charge in [0, 0.05) is 0 Å². The molecule has 0 unspecified atom stereocenters. The van der Waals surface area contributed by atoms with E-state index in [0.717, 1.165) is 0 Å². The maximum absolute atomic E-state index is 2.61. The van der Waals surface area contributed by atoms with Gasteiger partial charge in [0.1, 0.15) is 0 Å². The van der Waals surface area contributed by atoms with Gasteiger partial charge >= 0.3 is 0 Å². The Labute approximate surface area is 257 Å². The molecule has 4 heteroatoms. The van der Waals surface area contributed by atoms with E-state index in [-0.39, 0.29) is 0 Å². The molecule has 0 aliphatic heterocycles. The molecule has 0 heterocycles. The average Bonchev–Trinajstić information content (AvgIpc) is 2.84. The van der Waals surface area contributed by atoms with E-state index in [4.69, 9.17) is 0 Å². The largest absolute Gasteiger partial charge is 0.0782 e. The topological polar surface area (TPSA) is 0 Å². The van der Waals surface area contributed by atoms with E-state index in [0.29, 0.717) is 0 Å². The van der Waals surface area contributed by atoms with E-state index >= 15 is 0 Å². The van der Waals surface area contributed by atoms with E-state index in [2.05, 4.69) is 151 Å². The Balaban J connectivity index is 1.81. The van der Waals surface area contributed by atoms with Crippen LogP contribution >= 0.6 is 0 Å². The number of hydrogen-bond acceptors (Lipinski definition) is 0. The van der Waals surface area contributed by atoms with Gasteiger partial charge in [-0.3, -0.25) is 0 Å². The van der Waals surface area contributed by atoms with Gasteiger partial charge in [0.05, 0.1) is 32.3 Å². The van der Waals surface area contributed by atoms with Crippen molar-refractivity contribution in [3.63, 3.8) is 0 Å². The molecule has 6 aromatic rings. The SMILES string of the molecule is C[Si](C)(C)c1c([Si](C)(C)C)c([Si](C)(C)C)c2cc3cc4cc5cc6ccccc6cc5cc4cc3cc2c1[Si](C)(C)C. The molecule has 0 aromatic heterocycles. The smallest absolute Gasteiger partial charge is 0.0656 e. The van der Waals surface area contributed by atoms with Gasteiger partial charge in [-0.05, 0) is 102 Å². The van der Waals surface area contributed by atoms with Crippen LogP contribution in [0.2, 0.25) is 78.6 Å². The highest BCUT2D eigenvalue weighted by molar-refractivity contribution is 7.08. The second kappa shape index (κ2) is 9.49. The molecular formula is C38H48Si4. The second-order valence-electron chi connectivity index (χ2n) is 16.8. The van der Waals surface area contributed by atoms with Crippen LogP contribution in [0.25, 0.3) is 53.9 Å². The fourth-order valence-electron chi connectivity index (χ4n) is 7.49. The van der Waals surface area contributed by atoms with Crippen LogP contribution in [-0.2, 0) is 0 Å². The van der Waals surface area contributed by atoms with Crippen LogP contribution in [0.5, 0.6) is 0 Å². The van der Waals surface area contributed by atoms with Crippen LogP contribution in [0.4, 0.5) is 0 Å². The van der Waals surface area contributed by atoms with Gasteiger partial charge in [0.25, 0.3) is 0 Å². The summed E-state index contributed by atoms with van der Waals surface area (Å²) in [6.07, 6.45) is 0. The molecule has 0 bridgehead atoms. The fraction of sp³-hybridized carbons (Fsp3) is 0.316. The Bertz CT molecular complexity index is 1910. The van der Waals surface area contributed by atoms with Gasteiger partial charge in [-0.25, -0.2) is 0 Å². The highest BCUT2D eigenvalue weighted by atomic mass is 28.3. The minimum Gasteiger partial charge on any atom is -0.0656 e. The molecule has 0 spiro atoms. The van der Waals surface area contributed by atoms with Crippen molar-refractivity contribution in [3.05, 3.63) is 72.8 Å². The molecule has 0 fully saturated rings. The maximum Gasteiger partial charge on any atom is 0.0782 e. The van der Waals surface area contributed by atoms with Gasteiger partial charge in [0.2, 0.25) is 0 Å². The van der Waals surface area contributed by atoms with Gasteiger partial charge in [-0.2, -0.15) is 0 Å². The predicted molar refractivity (Wildman–Crippen MR) is 206 cm³/mol. The lowest BCUT2D eigenvalue weighted by Crippen LogP contribution is -2.73. The van der Waals surface area contributed by atoms with Crippen molar-refractivity contribution in [2.24, 2.45) is 0 Å². The van der Waals surface area contributed by atoms with Crippen LogP contribution in [-0.4, -0.2) is 32.3 Å². The maximum atomic E-state index is 2.61. The molecule has 216 valence electrons. The third kappa shape index (κ3) is 4.94. The van der Waals surface area contributed by atoms with Crippen LogP contribution in [0.15, 0.2) is 72.8 Å². The Morgan fingerprint density at radius 2 is 0.524 bits per heavy atom. The Morgan fingerprint density at radius 3 is 0.786 bits per heavy atom. The highest BCUT2D eigenvalue weighted by Gasteiger charge is 2.40. The van der Waals surface area contributed by atoms with E-state index in [9.17, 15) is 0 Å². The van der Waals surface area contributed by atoms with E-state index < -0.39 is 32.3 Å². The van der Waals surface area contributed by atoms with Crippen LogP contribution in [0.3, 0.4) is 0 Å². The van der Waals surface area contributed by atoms with E-state index in [1.54, 1.807) is 21.1 Å². The summed E-state index contributed by atoms with van der Waals surface area (Å²) in [4.78, 5) is 0. The van der Waals surface area contributed by atoms with E-state index in [1.165, 1.54) is 43.1 Å². The molecule has 0 aliphatic carbocycles. The molecular weight excluding hydrogens is 569 g/mol. The monoisotopic (exact) mass is 616 g/mol. The Hall–Kier alpha value is -2.51. The molecule has 0 aliphatic rings. The minimum absolute atomic E-state index is 1.31. The van der Waals surface area contributed by atoms with Crippen molar-refractivity contribution in [2.45, 2.75) is 78.6 Å². The van der Waals surface area contributed by atoms with Crippen molar-refractivity contribution in [1.29, 1.82) is 0 Å². The van der Waals surface area contributed by atoms with Gasteiger partial charge < -0.3 is 0 Å². The third-order valence-corrected chi connectivity index (χ3v) is 17.8. The van der Waals surface area contributed by atoms with Crippen LogP contribution in [0, 0.1) is 0 Å². The lowest BCUT2D eigenvalue weighted by molar-refractivity contribution is 1.67. The summed E-state index contributed by atoms with van der Waals surface area (Å²) in [5, 5.41) is 21.1. The standard InChI is InChI=1S/C38H48Si4/c1-39(2,3)35-33-23-31-21-29-19-27-17-25-15-13-14-16-26(25)18-28(27)20-30(29)22-32(31)24-34(33)36(40(4,5)6)38(42(10,11)12)37(35)41(7,8)9/h13-24H,1-12H3. The van der Waals surface area contributed by atoms with Crippen LogP contribution < -0.4 is 20.7 Å². The molecule has 6 aromatic carbocycles. The summed E-state index contributed by atoms with van der Waals surface area (Å²) in [5.41, 5.74) is 0. The number of rotatable bonds is 4. The second-order valence-corrected chi connectivity index (χ2v) is 36.8. The molecule has 0 amide bonds. The molecule has 0 N–H and O–H groups in total. The average molecular weight is 617 g/mol. The quantitative estimate of drug-likeness (QED) is 0.137. The van der Waals surface area contributed by atoms with Crippen molar-refractivity contribution < 1.29 is 0 Å². The number of benzene rings is 6. The zero-order valence-electron chi connectivity index (χ0n) is 27.9. The van der Waals surface area contributed by atoms with Crippen molar-refractivity contribution in [1.82, 2.24) is 0 Å². The van der Waals surface area contributed by atoms with Gasteiger partial charge in [-0.1, -0.05) is 124 Å². The van der Waals surface area contributed by atoms with Crippen molar-refractivity contribution >= 4 is 107 Å². The lowest BCUT2D eigenvalue weighted by atomic mass is 9.96.